The number of hydrogen-bond donors (Lipinski definition) is 2. The van der Waals surface area contributed by atoms with Crippen LogP contribution >= 0.6 is 0 Å². The first-order valence-electron chi connectivity index (χ1n) is 9.94. The third-order valence-electron chi connectivity index (χ3n) is 4.97. The van der Waals surface area contributed by atoms with Gasteiger partial charge in [0.25, 0.3) is 5.56 Å². The number of nitrogens with one attached hydrogen (secondary N) is 1. The lowest BCUT2D eigenvalue weighted by Gasteiger charge is -2.08. The SMILES string of the molecule is CCOc1ccc(/C=C2\CCn3c2nc2cc(NC(=O)CC(=O)O)ccc2c3=O)cc1. The van der Waals surface area contributed by atoms with Crippen LogP contribution in [-0.2, 0) is 16.1 Å². The van der Waals surface area contributed by atoms with Gasteiger partial charge in [-0.15, -0.1) is 0 Å². The second-order valence-corrected chi connectivity index (χ2v) is 7.16. The van der Waals surface area contributed by atoms with E-state index in [0.29, 0.717) is 42.0 Å². The van der Waals surface area contributed by atoms with Gasteiger partial charge in [0.1, 0.15) is 18.0 Å². The lowest BCUT2D eigenvalue weighted by Crippen LogP contribution is -2.21. The summed E-state index contributed by atoms with van der Waals surface area (Å²) in [5, 5.41) is 11.7. The molecule has 1 aromatic heterocycles. The highest BCUT2D eigenvalue weighted by atomic mass is 16.5. The van der Waals surface area contributed by atoms with Crippen molar-refractivity contribution < 1.29 is 19.4 Å². The van der Waals surface area contributed by atoms with E-state index < -0.39 is 18.3 Å². The first-order chi connectivity index (χ1) is 14.9. The van der Waals surface area contributed by atoms with E-state index in [0.717, 1.165) is 16.9 Å². The third kappa shape index (κ3) is 4.32. The van der Waals surface area contributed by atoms with Gasteiger partial charge >= 0.3 is 5.97 Å². The molecule has 1 aliphatic heterocycles. The summed E-state index contributed by atoms with van der Waals surface area (Å²) < 4.78 is 7.13. The van der Waals surface area contributed by atoms with E-state index in [4.69, 9.17) is 9.84 Å². The number of nitrogens with zero attached hydrogens (tertiary/aromatic N) is 2. The van der Waals surface area contributed by atoms with E-state index in [1.165, 1.54) is 0 Å². The maximum absolute atomic E-state index is 12.9. The Kier molecular flexibility index (Phi) is 5.53. The number of rotatable bonds is 6. The molecule has 31 heavy (non-hydrogen) atoms. The van der Waals surface area contributed by atoms with E-state index in [1.54, 1.807) is 22.8 Å². The molecule has 0 saturated carbocycles. The molecule has 8 heteroatoms. The molecular weight excluding hydrogens is 398 g/mol. The van der Waals surface area contributed by atoms with E-state index in [1.807, 2.05) is 37.3 Å². The van der Waals surface area contributed by atoms with Gasteiger partial charge in [0.15, 0.2) is 0 Å². The fourth-order valence-electron chi connectivity index (χ4n) is 3.60. The molecule has 0 spiro atoms. The summed E-state index contributed by atoms with van der Waals surface area (Å²) in [7, 11) is 0. The highest BCUT2D eigenvalue weighted by molar-refractivity contribution is 6.02. The zero-order valence-electron chi connectivity index (χ0n) is 16.9. The number of aliphatic carboxylic acids is 1. The topological polar surface area (TPSA) is 111 Å². The van der Waals surface area contributed by atoms with Crippen LogP contribution in [0.1, 0.15) is 31.2 Å². The maximum atomic E-state index is 12.9. The number of ether oxygens (including phenoxy) is 1. The number of carboxylic acids is 1. The average Bonchev–Trinajstić information content (AvgIpc) is 3.12. The van der Waals surface area contributed by atoms with Gasteiger partial charge in [-0.25, -0.2) is 4.98 Å². The summed E-state index contributed by atoms with van der Waals surface area (Å²) in [4.78, 5) is 40.0. The molecule has 1 amide bonds. The minimum absolute atomic E-state index is 0.140. The van der Waals surface area contributed by atoms with Crippen LogP contribution < -0.4 is 15.6 Å². The van der Waals surface area contributed by atoms with Crippen molar-refractivity contribution in [3.8, 4) is 5.75 Å². The molecular formula is C23H21N3O5. The van der Waals surface area contributed by atoms with Crippen LogP contribution in [0.5, 0.6) is 5.75 Å². The molecule has 0 unspecified atom stereocenters. The normalized spacial score (nSPS) is 13.9. The number of benzene rings is 2. The highest BCUT2D eigenvalue weighted by Crippen LogP contribution is 2.28. The fraction of sp³-hybridized carbons (Fsp3) is 0.217. The van der Waals surface area contributed by atoms with Crippen molar-refractivity contribution in [2.75, 3.05) is 11.9 Å². The lowest BCUT2D eigenvalue weighted by atomic mass is 10.1. The largest absolute Gasteiger partial charge is 0.494 e. The molecule has 2 heterocycles. The van der Waals surface area contributed by atoms with Gasteiger partial charge < -0.3 is 15.2 Å². The Hall–Kier alpha value is -3.94. The van der Waals surface area contributed by atoms with E-state index in [2.05, 4.69) is 10.3 Å². The van der Waals surface area contributed by atoms with Crippen LogP contribution in [0.15, 0.2) is 47.3 Å². The summed E-state index contributed by atoms with van der Waals surface area (Å²) in [6.07, 6.45) is 2.06. The van der Waals surface area contributed by atoms with Crippen molar-refractivity contribution in [1.29, 1.82) is 0 Å². The van der Waals surface area contributed by atoms with Crippen LogP contribution in [0.2, 0.25) is 0 Å². The Morgan fingerprint density at radius 3 is 2.71 bits per heavy atom. The predicted octanol–water partition coefficient (Wildman–Crippen LogP) is 3.15. The molecule has 4 rings (SSSR count). The van der Waals surface area contributed by atoms with Crippen molar-refractivity contribution in [2.24, 2.45) is 0 Å². The number of carbonyl (C=O) groups is 2. The van der Waals surface area contributed by atoms with Crippen LogP contribution in [0, 0.1) is 0 Å². The summed E-state index contributed by atoms with van der Waals surface area (Å²) >= 11 is 0. The molecule has 8 nitrogen and oxygen atoms in total. The lowest BCUT2D eigenvalue weighted by molar-refractivity contribution is -0.139. The molecule has 0 radical (unpaired) electrons. The minimum atomic E-state index is -1.21. The van der Waals surface area contributed by atoms with Crippen molar-refractivity contribution >= 4 is 40.1 Å². The number of fused-ring (bicyclic) bond motifs is 2. The van der Waals surface area contributed by atoms with E-state index in [9.17, 15) is 14.4 Å². The van der Waals surface area contributed by atoms with Crippen molar-refractivity contribution in [1.82, 2.24) is 9.55 Å². The minimum Gasteiger partial charge on any atom is -0.494 e. The Labute approximate surface area is 177 Å². The molecule has 0 atom stereocenters. The number of allylic oxidation sites excluding steroid dienone is 1. The first-order valence-corrected chi connectivity index (χ1v) is 9.94. The van der Waals surface area contributed by atoms with Crippen LogP contribution in [-0.4, -0.2) is 33.1 Å². The molecule has 2 aromatic carbocycles. The average molecular weight is 419 g/mol. The number of amides is 1. The Bertz CT molecular complexity index is 1260. The van der Waals surface area contributed by atoms with Gasteiger partial charge in [-0.1, -0.05) is 12.1 Å². The zero-order chi connectivity index (χ0) is 22.0. The highest BCUT2D eigenvalue weighted by Gasteiger charge is 2.21. The summed E-state index contributed by atoms with van der Waals surface area (Å²) in [6.45, 7) is 3.09. The predicted molar refractivity (Wildman–Crippen MR) is 117 cm³/mol. The first kappa shape index (κ1) is 20.3. The molecule has 0 saturated heterocycles. The Balaban J connectivity index is 1.68. The van der Waals surface area contributed by atoms with Crippen molar-refractivity contribution in [3.63, 3.8) is 0 Å². The summed E-state index contributed by atoms with van der Waals surface area (Å²) in [5.41, 5.74) is 2.63. The van der Waals surface area contributed by atoms with Crippen molar-refractivity contribution in [3.05, 3.63) is 64.2 Å². The Morgan fingerprint density at radius 2 is 2.00 bits per heavy atom. The quantitative estimate of drug-likeness (QED) is 0.594. The molecule has 0 aliphatic carbocycles. The number of hydrogen-bond acceptors (Lipinski definition) is 5. The van der Waals surface area contributed by atoms with Gasteiger partial charge in [-0.2, -0.15) is 0 Å². The van der Waals surface area contributed by atoms with Gasteiger partial charge in [0.2, 0.25) is 5.91 Å². The number of carbonyl (C=O) groups excluding carboxylic acids is 1. The smallest absolute Gasteiger partial charge is 0.312 e. The van der Waals surface area contributed by atoms with Gasteiger partial charge in [-0.3, -0.25) is 19.0 Å². The number of carboxylic acid groups (broad SMARTS) is 1. The van der Waals surface area contributed by atoms with Crippen molar-refractivity contribution in [2.45, 2.75) is 26.3 Å². The van der Waals surface area contributed by atoms with Crippen LogP contribution in [0.4, 0.5) is 5.69 Å². The second-order valence-electron chi connectivity index (χ2n) is 7.16. The van der Waals surface area contributed by atoms with Gasteiger partial charge in [0, 0.05) is 12.2 Å². The molecule has 0 fully saturated rings. The van der Waals surface area contributed by atoms with Gasteiger partial charge in [0.05, 0.1) is 17.5 Å². The molecule has 2 N–H and O–H groups in total. The summed E-state index contributed by atoms with van der Waals surface area (Å²) in [6, 6.07) is 12.5. The zero-order valence-corrected chi connectivity index (χ0v) is 16.9. The van der Waals surface area contributed by atoms with E-state index >= 15 is 0 Å². The second kappa shape index (κ2) is 8.43. The number of aromatic nitrogens is 2. The van der Waals surface area contributed by atoms with Gasteiger partial charge in [-0.05, 0) is 60.9 Å². The Morgan fingerprint density at radius 1 is 1.23 bits per heavy atom. The van der Waals surface area contributed by atoms with E-state index in [-0.39, 0.29) is 5.56 Å². The molecule has 0 bridgehead atoms. The monoisotopic (exact) mass is 419 g/mol. The van der Waals surface area contributed by atoms with Crippen LogP contribution in [0.3, 0.4) is 0 Å². The van der Waals surface area contributed by atoms with Crippen LogP contribution in [0.25, 0.3) is 22.6 Å². The summed E-state index contributed by atoms with van der Waals surface area (Å²) in [5.74, 6) is -0.452. The number of anilines is 1. The standard InChI is InChI=1S/C23H21N3O5/c1-2-31-17-6-3-14(4-7-17)11-15-9-10-26-22(15)25-19-12-16(5-8-18(19)23(26)30)24-20(27)13-21(28)29/h3-8,11-12H,2,9-10,13H2,1H3,(H,24,27)(H,28,29)/b15-11+. The fourth-order valence-corrected chi connectivity index (χ4v) is 3.60. The maximum Gasteiger partial charge on any atom is 0.312 e. The molecule has 3 aromatic rings. The third-order valence-corrected chi connectivity index (χ3v) is 4.97. The molecule has 1 aliphatic rings. The molecule has 158 valence electrons.